The highest BCUT2D eigenvalue weighted by molar-refractivity contribution is 7.19. The lowest BCUT2D eigenvalue weighted by Gasteiger charge is -2.17. The minimum Gasteiger partial charge on any atom is -0.383 e. The average molecular weight is 373 g/mol. The van der Waals surface area contributed by atoms with Gasteiger partial charge in [0.25, 0.3) is 0 Å². The van der Waals surface area contributed by atoms with Crippen LogP contribution in [-0.4, -0.2) is 21.9 Å². The molecule has 0 saturated heterocycles. The molecule has 6 heteroatoms. The van der Waals surface area contributed by atoms with E-state index in [0.29, 0.717) is 12.4 Å². The Morgan fingerprint density at radius 3 is 2.80 bits per heavy atom. The summed E-state index contributed by atoms with van der Waals surface area (Å²) in [6.45, 7) is 1.40. The van der Waals surface area contributed by atoms with Gasteiger partial charge in [-0.3, -0.25) is 4.90 Å². The molecule has 130 valence electrons. The fraction of sp³-hybridized carbons (Fsp3) is 0.368. The Balaban J connectivity index is 1.58. The molecule has 0 saturated carbocycles. The number of benzene rings is 1. The number of anilines is 1. The lowest BCUT2D eigenvalue weighted by Crippen LogP contribution is -2.19. The Morgan fingerprint density at radius 1 is 1.16 bits per heavy atom. The maximum atomic E-state index is 6.29. The summed E-state index contributed by atoms with van der Waals surface area (Å²) >= 11 is 8.05. The van der Waals surface area contributed by atoms with Crippen LogP contribution in [0.25, 0.3) is 10.2 Å². The van der Waals surface area contributed by atoms with Crippen molar-refractivity contribution in [2.75, 3.05) is 12.8 Å². The van der Waals surface area contributed by atoms with Gasteiger partial charge in [-0.05, 0) is 49.9 Å². The third kappa shape index (κ3) is 3.36. The number of aryl methyl sites for hydroxylation is 2. The van der Waals surface area contributed by atoms with Crippen LogP contribution in [0.5, 0.6) is 0 Å². The number of hydrogen-bond donors (Lipinski definition) is 1. The first-order valence-electron chi connectivity index (χ1n) is 8.60. The number of hydrogen-bond acceptors (Lipinski definition) is 5. The van der Waals surface area contributed by atoms with Gasteiger partial charge in [0.05, 0.1) is 11.9 Å². The first kappa shape index (κ1) is 16.8. The molecule has 2 aromatic heterocycles. The molecule has 1 aliphatic carbocycles. The molecule has 0 atom stereocenters. The topological polar surface area (TPSA) is 55.0 Å². The summed E-state index contributed by atoms with van der Waals surface area (Å²) in [7, 11) is 2.05. The Morgan fingerprint density at radius 2 is 1.96 bits per heavy atom. The minimum absolute atomic E-state index is 0.630. The summed E-state index contributed by atoms with van der Waals surface area (Å²) in [5.41, 5.74) is 8.79. The van der Waals surface area contributed by atoms with E-state index >= 15 is 0 Å². The molecule has 1 aromatic carbocycles. The molecule has 25 heavy (non-hydrogen) atoms. The summed E-state index contributed by atoms with van der Waals surface area (Å²) in [4.78, 5) is 14.0. The second-order valence-electron chi connectivity index (χ2n) is 6.68. The van der Waals surface area contributed by atoms with Gasteiger partial charge in [0, 0.05) is 16.4 Å². The number of aromatic nitrogens is 2. The minimum atomic E-state index is 0.630. The van der Waals surface area contributed by atoms with E-state index in [4.69, 9.17) is 22.3 Å². The number of nitrogens with zero attached hydrogens (tertiary/aromatic N) is 3. The molecule has 2 heterocycles. The van der Waals surface area contributed by atoms with Crippen molar-refractivity contribution in [3.05, 3.63) is 51.1 Å². The smallest absolute Gasteiger partial charge is 0.146 e. The number of thiophene rings is 1. The molecule has 0 aliphatic heterocycles. The summed E-state index contributed by atoms with van der Waals surface area (Å²) in [5, 5.41) is 1.88. The summed E-state index contributed by atoms with van der Waals surface area (Å²) in [6.07, 6.45) is 4.76. The van der Waals surface area contributed by atoms with Crippen molar-refractivity contribution in [3.63, 3.8) is 0 Å². The molecule has 0 fully saturated rings. The van der Waals surface area contributed by atoms with Gasteiger partial charge in [-0.25, -0.2) is 9.97 Å². The molecule has 2 N–H and O–H groups in total. The van der Waals surface area contributed by atoms with Crippen LogP contribution in [0.3, 0.4) is 0 Å². The first-order chi connectivity index (χ1) is 12.1. The number of nitrogens with two attached hydrogens (primary N) is 1. The normalized spacial score (nSPS) is 14.2. The number of rotatable bonds is 4. The molecule has 1 aliphatic rings. The van der Waals surface area contributed by atoms with Crippen molar-refractivity contribution < 1.29 is 0 Å². The van der Waals surface area contributed by atoms with Gasteiger partial charge in [0.15, 0.2) is 0 Å². The summed E-state index contributed by atoms with van der Waals surface area (Å²) in [6, 6.07) is 7.92. The number of nitrogen functional groups attached to an aromatic ring is 1. The highest BCUT2D eigenvalue weighted by atomic mass is 35.5. The summed E-state index contributed by atoms with van der Waals surface area (Å²) < 4.78 is 0. The molecule has 0 amide bonds. The SMILES string of the molecule is CN(Cc1nc(N)c2c3c(sc2n1)CCCC3)Cc1ccccc1Cl. The zero-order valence-electron chi connectivity index (χ0n) is 14.3. The van der Waals surface area contributed by atoms with E-state index in [1.807, 2.05) is 31.3 Å². The van der Waals surface area contributed by atoms with Crippen molar-refractivity contribution in [3.8, 4) is 0 Å². The van der Waals surface area contributed by atoms with Crippen molar-refractivity contribution in [2.24, 2.45) is 0 Å². The van der Waals surface area contributed by atoms with Crippen LogP contribution < -0.4 is 5.73 Å². The largest absolute Gasteiger partial charge is 0.383 e. The number of fused-ring (bicyclic) bond motifs is 3. The van der Waals surface area contributed by atoms with Crippen molar-refractivity contribution in [1.82, 2.24) is 14.9 Å². The molecule has 4 rings (SSSR count). The lowest BCUT2D eigenvalue weighted by molar-refractivity contribution is 0.311. The van der Waals surface area contributed by atoms with Crippen LogP contribution >= 0.6 is 22.9 Å². The predicted octanol–water partition coefficient (Wildman–Crippen LogP) is 4.44. The standard InChI is InChI=1S/C19H21ClN4S/c1-24(10-12-6-2-4-8-14(12)20)11-16-22-18(21)17-13-7-3-5-9-15(13)25-19(17)23-16/h2,4,6,8H,3,5,7,9-11H2,1H3,(H2,21,22,23). The average Bonchev–Trinajstić information content (AvgIpc) is 2.95. The zero-order chi connectivity index (χ0) is 17.4. The van der Waals surface area contributed by atoms with Gasteiger partial charge in [-0.1, -0.05) is 29.8 Å². The second-order valence-corrected chi connectivity index (χ2v) is 8.17. The van der Waals surface area contributed by atoms with Crippen LogP contribution in [0.4, 0.5) is 5.82 Å². The van der Waals surface area contributed by atoms with E-state index < -0.39 is 0 Å². The molecular formula is C19H21ClN4S. The van der Waals surface area contributed by atoms with Crippen LogP contribution in [0, 0.1) is 0 Å². The van der Waals surface area contributed by atoms with Crippen LogP contribution in [0.2, 0.25) is 5.02 Å². The molecule has 4 nitrogen and oxygen atoms in total. The molecule has 0 spiro atoms. The molecule has 0 unspecified atom stereocenters. The van der Waals surface area contributed by atoms with E-state index in [2.05, 4.69) is 9.88 Å². The van der Waals surface area contributed by atoms with Crippen molar-refractivity contribution >= 4 is 39.0 Å². The maximum Gasteiger partial charge on any atom is 0.146 e. The van der Waals surface area contributed by atoms with Crippen LogP contribution in [0.15, 0.2) is 24.3 Å². The van der Waals surface area contributed by atoms with E-state index in [0.717, 1.165) is 46.0 Å². The monoisotopic (exact) mass is 372 g/mol. The Labute approximate surface area is 156 Å². The third-order valence-corrected chi connectivity index (χ3v) is 6.25. The lowest BCUT2D eigenvalue weighted by atomic mass is 9.97. The van der Waals surface area contributed by atoms with Crippen LogP contribution in [0.1, 0.15) is 34.7 Å². The molecule has 0 bridgehead atoms. The Bertz CT molecular complexity index is 921. The van der Waals surface area contributed by atoms with Gasteiger partial charge in [-0.2, -0.15) is 0 Å². The molecule has 3 aromatic rings. The summed E-state index contributed by atoms with van der Waals surface area (Å²) in [5.74, 6) is 1.41. The van der Waals surface area contributed by atoms with E-state index in [-0.39, 0.29) is 0 Å². The first-order valence-corrected chi connectivity index (χ1v) is 9.80. The van der Waals surface area contributed by atoms with Gasteiger partial charge < -0.3 is 5.73 Å². The van der Waals surface area contributed by atoms with E-state index in [1.165, 1.54) is 23.3 Å². The molecular weight excluding hydrogens is 352 g/mol. The Hall–Kier alpha value is -1.69. The van der Waals surface area contributed by atoms with Gasteiger partial charge in [0.1, 0.15) is 16.5 Å². The predicted molar refractivity (Wildman–Crippen MR) is 105 cm³/mol. The highest BCUT2D eigenvalue weighted by Crippen LogP contribution is 2.37. The fourth-order valence-corrected chi connectivity index (χ4v) is 5.00. The fourth-order valence-electron chi connectivity index (χ4n) is 3.52. The highest BCUT2D eigenvalue weighted by Gasteiger charge is 2.20. The zero-order valence-corrected chi connectivity index (χ0v) is 15.8. The quantitative estimate of drug-likeness (QED) is 0.735. The van der Waals surface area contributed by atoms with Crippen LogP contribution in [-0.2, 0) is 25.9 Å². The van der Waals surface area contributed by atoms with Gasteiger partial charge >= 0.3 is 0 Å². The Kier molecular flexibility index (Phi) is 4.63. The third-order valence-electron chi connectivity index (χ3n) is 4.70. The second kappa shape index (κ2) is 6.90. The van der Waals surface area contributed by atoms with Crippen molar-refractivity contribution in [2.45, 2.75) is 38.8 Å². The maximum absolute atomic E-state index is 6.29. The van der Waals surface area contributed by atoms with Crippen molar-refractivity contribution in [1.29, 1.82) is 0 Å². The van der Waals surface area contributed by atoms with E-state index in [9.17, 15) is 0 Å². The van der Waals surface area contributed by atoms with Gasteiger partial charge in [0.2, 0.25) is 0 Å². The van der Waals surface area contributed by atoms with Gasteiger partial charge in [-0.15, -0.1) is 11.3 Å². The van der Waals surface area contributed by atoms with E-state index in [1.54, 1.807) is 11.3 Å². The number of halogens is 1. The molecule has 0 radical (unpaired) electrons.